The molecule has 1 aromatic rings. The van der Waals surface area contributed by atoms with Crippen LogP contribution in [0.5, 0.6) is 11.5 Å². The monoisotopic (exact) mass is 364 g/mol. The Kier molecular flexibility index (Phi) is 5.61. The summed E-state index contributed by atoms with van der Waals surface area (Å²) in [6, 6.07) is 4.23. The van der Waals surface area contributed by atoms with Crippen molar-refractivity contribution in [1.29, 1.82) is 0 Å². The van der Waals surface area contributed by atoms with Gasteiger partial charge in [-0.25, -0.2) is 0 Å². The number of carboxylic acids is 1. The summed E-state index contributed by atoms with van der Waals surface area (Å²) in [6.45, 7) is 0.654. The van der Waals surface area contributed by atoms with Gasteiger partial charge in [-0.15, -0.1) is 0 Å². The molecule has 8 nitrogen and oxygen atoms in total. The van der Waals surface area contributed by atoms with Gasteiger partial charge in [-0.05, 0) is 37.3 Å². The van der Waals surface area contributed by atoms with Crippen molar-refractivity contribution < 1.29 is 24.3 Å². The zero-order valence-electron chi connectivity index (χ0n) is 14.8. The zero-order valence-corrected chi connectivity index (χ0v) is 14.8. The predicted molar refractivity (Wildman–Crippen MR) is 93.6 cm³/mol. The first kappa shape index (κ1) is 18.4. The lowest BCUT2D eigenvalue weighted by Crippen LogP contribution is -2.44. The topological polar surface area (TPSA) is 102 Å². The third kappa shape index (κ3) is 3.75. The summed E-state index contributed by atoms with van der Waals surface area (Å²) in [4.78, 5) is 24.3. The van der Waals surface area contributed by atoms with E-state index in [0.29, 0.717) is 24.6 Å². The number of hydrogen-bond donors (Lipinski definition) is 1. The number of fused-ring (bicyclic) bond motifs is 1. The molecule has 0 aromatic heterocycles. The summed E-state index contributed by atoms with van der Waals surface area (Å²) in [7, 11) is 1.44. The van der Waals surface area contributed by atoms with Crippen LogP contribution < -0.4 is 9.47 Å². The Balaban J connectivity index is 1.66. The molecule has 3 atom stereocenters. The zero-order chi connectivity index (χ0) is 18.7. The number of methoxy groups -OCH3 is 1. The van der Waals surface area contributed by atoms with Crippen LogP contribution >= 0.6 is 0 Å². The molecule has 2 aliphatic rings. The molecule has 1 heterocycles. The highest BCUT2D eigenvalue weighted by Gasteiger charge is 2.44. The number of nitro benzene ring substituents is 1. The highest BCUT2D eigenvalue weighted by molar-refractivity contribution is 5.74. The molecule has 3 unspecified atom stereocenters. The van der Waals surface area contributed by atoms with Crippen LogP contribution in [0.2, 0.25) is 0 Å². The number of carbonyl (C=O) groups is 1. The molecule has 0 amide bonds. The van der Waals surface area contributed by atoms with Gasteiger partial charge in [-0.2, -0.15) is 0 Å². The molecule has 1 N–H and O–H groups in total. The second-order valence-corrected chi connectivity index (χ2v) is 6.88. The number of benzene rings is 1. The van der Waals surface area contributed by atoms with E-state index in [2.05, 4.69) is 0 Å². The molecule has 26 heavy (non-hydrogen) atoms. The van der Waals surface area contributed by atoms with Crippen LogP contribution in [0.3, 0.4) is 0 Å². The van der Waals surface area contributed by atoms with Crippen LogP contribution in [-0.2, 0) is 4.79 Å². The molecule has 0 radical (unpaired) electrons. The SMILES string of the molecule is COc1ccc(OCCN2C(C(=O)O)CC3CCCCC32)c([N+](=O)[O-])c1. The maximum absolute atomic E-state index is 11.6. The Morgan fingerprint density at radius 2 is 2.15 bits per heavy atom. The van der Waals surface area contributed by atoms with Crippen molar-refractivity contribution in [2.45, 2.75) is 44.2 Å². The molecule has 1 aromatic carbocycles. The number of hydrogen-bond acceptors (Lipinski definition) is 6. The van der Waals surface area contributed by atoms with Crippen LogP contribution in [0.4, 0.5) is 5.69 Å². The third-order valence-electron chi connectivity index (χ3n) is 5.48. The molecule has 8 heteroatoms. The summed E-state index contributed by atoms with van der Waals surface area (Å²) >= 11 is 0. The van der Waals surface area contributed by atoms with Gasteiger partial charge >= 0.3 is 11.7 Å². The lowest BCUT2D eigenvalue weighted by Gasteiger charge is -2.32. The predicted octanol–water partition coefficient (Wildman–Crippen LogP) is 2.70. The minimum absolute atomic E-state index is 0.156. The average molecular weight is 364 g/mol. The average Bonchev–Trinajstić information content (AvgIpc) is 3.01. The fraction of sp³-hybridized carbons (Fsp3) is 0.611. The second-order valence-electron chi connectivity index (χ2n) is 6.88. The third-order valence-corrected chi connectivity index (χ3v) is 5.48. The largest absolute Gasteiger partial charge is 0.496 e. The van der Waals surface area contributed by atoms with Crippen molar-refractivity contribution in [1.82, 2.24) is 4.90 Å². The molecule has 0 bridgehead atoms. The Hall–Kier alpha value is -2.35. The molecule has 1 aliphatic carbocycles. The van der Waals surface area contributed by atoms with E-state index in [4.69, 9.17) is 9.47 Å². The molecule has 2 fully saturated rings. The summed E-state index contributed by atoms with van der Waals surface area (Å²) in [5.41, 5.74) is -0.156. The molecular formula is C18H24N2O6. The van der Waals surface area contributed by atoms with E-state index in [0.717, 1.165) is 25.7 Å². The van der Waals surface area contributed by atoms with E-state index in [9.17, 15) is 20.0 Å². The van der Waals surface area contributed by atoms with Crippen LogP contribution in [0, 0.1) is 16.0 Å². The van der Waals surface area contributed by atoms with Gasteiger partial charge in [-0.1, -0.05) is 12.8 Å². The number of nitro groups is 1. The lowest BCUT2D eigenvalue weighted by atomic mass is 9.85. The van der Waals surface area contributed by atoms with Gasteiger partial charge in [0.05, 0.1) is 18.1 Å². The van der Waals surface area contributed by atoms with Gasteiger partial charge < -0.3 is 14.6 Å². The van der Waals surface area contributed by atoms with Crippen molar-refractivity contribution in [2.24, 2.45) is 5.92 Å². The molecule has 1 saturated carbocycles. The van der Waals surface area contributed by atoms with Gasteiger partial charge in [0, 0.05) is 12.6 Å². The fourth-order valence-corrected chi connectivity index (χ4v) is 4.27. The highest BCUT2D eigenvalue weighted by atomic mass is 16.6. The quantitative estimate of drug-likeness (QED) is 0.586. The number of ether oxygens (including phenoxy) is 2. The first-order chi connectivity index (χ1) is 12.5. The number of aliphatic carboxylic acids is 1. The minimum Gasteiger partial charge on any atom is -0.496 e. The Labute approximate surface area is 151 Å². The Morgan fingerprint density at radius 1 is 1.38 bits per heavy atom. The fourth-order valence-electron chi connectivity index (χ4n) is 4.27. The van der Waals surface area contributed by atoms with Gasteiger partial charge in [0.25, 0.3) is 0 Å². The number of rotatable bonds is 7. The molecule has 1 saturated heterocycles. The molecular weight excluding hydrogens is 340 g/mol. The number of carboxylic acid groups (broad SMARTS) is 1. The normalized spacial score (nSPS) is 25.5. The molecule has 3 rings (SSSR count). The van der Waals surface area contributed by atoms with E-state index >= 15 is 0 Å². The van der Waals surface area contributed by atoms with Crippen LogP contribution in [0.15, 0.2) is 18.2 Å². The summed E-state index contributed by atoms with van der Waals surface area (Å²) in [5.74, 6) is 0.191. The van der Waals surface area contributed by atoms with E-state index in [1.165, 1.54) is 19.2 Å². The highest BCUT2D eigenvalue weighted by Crippen LogP contribution is 2.39. The van der Waals surface area contributed by atoms with Crippen molar-refractivity contribution in [3.05, 3.63) is 28.3 Å². The summed E-state index contributed by atoms with van der Waals surface area (Å²) in [6.07, 6.45) is 5.06. The van der Waals surface area contributed by atoms with Gasteiger partial charge in [-0.3, -0.25) is 19.8 Å². The van der Waals surface area contributed by atoms with Crippen molar-refractivity contribution in [3.8, 4) is 11.5 Å². The van der Waals surface area contributed by atoms with Crippen LogP contribution in [-0.4, -0.2) is 53.2 Å². The second kappa shape index (κ2) is 7.90. The van der Waals surface area contributed by atoms with E-state index < -0.39 is 16.9 Å². The summed E-state index contributed by atoms with van der Waals surface area (Å²) in [5, 5.41) is 20.8. The van der Waals surface area contributed by atoms with Gasteiger partial charge in [0.2, 0.25) is 0 Å². The number of likely N-dealkylation sites (tertiary alicyclic amines) is 1. The molecule has 1 aliphatic heterocycles. The number of nitrogens with zero attached hydrogens (tertiary/aromatic N) is 2. The van der Waals surface area contributed by atoms with E-state index in [-0.39, 0.29) is 24.1 Å². The van der Waals surface area contributed by atoms with Crippen molar-refractivity contribution >= 4 is 11.7 Å². The van der Waals surface area contributed by atoms with Gasteiger partial charge in [0.1, 0.15) is 18.4 Å². The summed E-state index contributed by atoms with van der Waals surface area (Å²) < 4.78 is 10.6. The standard InChI is InChI=1S/C18H24N2O6/c1-25-13-6-7-17(15(11-13)20(23)24)26-9-8-19-14-5-3-2-4-12(14)10-16(19)18(21)22/h6-7,11-12,14,16H,2-5,8-10H2,1H3,(H,21,22). The maximum atomic E-state index is 11.6. The Morgan fingerprint density at radius 3 is 2.85 bits per heavy atom. The Bertz CT molecular complexity index is 680. The first-order valence-corrected chi connectivity index (χ1v) is 8.95. The van der Waals surface area contributed by atoms with Gasteiger partial charge in [0.15, 0.2) is 5.75 Å². The minimum atomic E-state index is -0.796. The lowest BCUT2D eigenvalue weighted by molar-refractivity contribution is -0.385. The van der Waals surface area contributed by atoms with Crippen molar-refractivity contribution in [3.63, 3.8) is 0 Å². The first-order valence-electron chi connectivity index (χ1n) is 8.95. The molecule has 0 spiro atoms. The molecule has 142 valence electrons. The van der Waals surface area contributed by atoms with Crippen molar-refractivity contribution in [2.75, 3.05) is 20.3 Å². The maximum Gasteiger partial charge on any atom is 0.320 e. The van der Waals surface area contributed by atoms with E-state index in [1.807, 2.05) is 4.90 Å². The smallest absolute Gasteiger partial charge is 0.320 e. The van der Waals surface area contributed by atoms with Crippen LogP contribution in [0.25, 0.3) is 0 Å². The van der Waals surface area contributed by atoms with E-state index in [1.54, 1.807) is 6.07 Å². The van der Waals surface area contributed by atoms with Crippen LogP contribution in [0.1, 0.15) is 32.1 Å².